The fourth-order valence-electron chi connectivity index (χ4n) is 1.67. The topological polar surface area (TPSA) is 57.2 Å². The van der Waals surface area contributed by atoms with Crippen molar-refractivity contribution >= 4 is 12.1 Å². The monoisotopic (exact) mass is 255 g/mol. The molecule has 0 saturated carbocycles. The van der Waals surface area contributed by atoms with Gasteiger partial charge in [-0.1, -0.05) is 26.0 Å². The molecule has 0 aliphatic heterocycles. The molecular formula is C15H17N3O. The first kappa shape index (κ1) is 13.1. The maximum Gasteiger partial charge on any atom is 0.271 e. The van der Waals surface area contributed by atoms with E-state index in [4.69, 9.17) is 0 Å². The number of nitrogens with one attached hydrogen (secondary N) is 2. The van der Waals surface area contributed by atoms with Crippen molar-refractivity contribution in [3.63, 3.8) is 0 Å². The van der Waals surface area contributed by atoms with E-state index in [1.165, 1.54) is 5.56 Å². The highest BCUT2D eigenvalue weighted by atomic mass is 16.2. The van der Waals surface area contributed by atoms with Crippen LogP contribution in [-0.4, -0.2) is 17.1 Å². The Bertz CT molecular complexity index is 554. The summed E-state index contributed by atoms with van der Waals surface area (Å²) in [6, 6.07) is 11.3. The Labute approximate surface area is 112 Å². The number of aromatic nitrogens is 1. The fraction of sp³-hybridized carbons (Fsp3) is 0.200. The number of carbonyl (C=O) groups excluding carboxylic acids is 1. The van der Waals surface area contributed by atoms with Gasteiger partial charge in [-0.3, -0.25) is 4.79 Å². The second kappa shape index (κ2) is 6.00. The molecule has 0 spiro atoms. The predicted molar refractivity (Wildman–Crippen MR) is 76.4 cm³/mol. The third-order valence-electron chi connectivity index (χ3n) is 2.83. The van der Waals surface area contributed by atoms with Crippen molar-refractivity contribution in [1.29, 1.82) is 0 Å². The largest absolute Gasteiger partial charge is 0.360 e. The summed E-state index contributed by atoms with van der Waals surface area (Å²) < 4.78 is 0. The average Bonchev–Trinajstić information content (AvgIpc) is 2.92. The van der Waals surface area contributed by atoms with Gasteiger partial charge in [0.2, 0.25) is 0 Å². The molecule has 98 valence electrons. The van der Waals surface area contributed by atoms with E-state index in [2.05, 4.69) is 29.4 Å². The highest BCUT2D eigenvalue weighted by Gasteiger charge is 2.05. The van der Waals surface area contributed by atoms with Crippen LogP contribution >= 0.6 is 0 Å². The number of nitrogens with zero attached hydrogens (tertiary/aromatic N) is 1. The Hall–Kier alpha value is -2.36. The number of rotatable bonds is 4. The zero-order chi connectivity index (χ0) is 13.7. The summed E-state index contributed by atoms with van der Waals surface area (Å²) in [6.45, 7) is 4.24. The molecule has 0 unspecified atom stereocenters. The van der Waals surface area contributed by atoms with E-state index >= 15 is 0 Å². The van der Waals surface area contributed by atoms with Crippen molar-refractivity contribution in [3.8, 4) is 0 Å². The third kappa shape index (κ3) is 3.55. The summed E-state index contributed by atoms with van der Waals surface area (Å²) >= 11 is 0. The molecule has 2 rings (SSSR count). The minimum absolute atomic E-state index is 0.210. The Morgan fingerprint density at radius 3 is 2.58 bits per heavy atom. The number of amides is 1. The van der Waals surface area contributed by atoms with Gasteiger partial charge >= 0.3 is 0 Å². The first-order valence-electron chi connectivity index (χ1n) is 6.23. The standard InChI is InChI=1S/C15H17N3O/c1-11(2)12-5-7-13(8-6-12)15(19)18-17-10-14-4-3-9-16-14/h3-11,16H,1-2H3,(H,18,19). The molecule has 0 saturated heterocycles. The molecule has 1 heterocycles. The van der Waals surface area contributed by atoms with Gasteiger partial charge in [-0.05, 0) is 35.7 Å². The molecule has 0 fully saturated rings. The van der Waals surface area contributed by atoms with Gasteiger partial charge in [0.15, 0.2) is 0 Å². The molecule has 0 bridgehead atoms. The van der Waals surface area contributed by atoms with Crippen LogP contribution in [0.2, 0.25) is 0 Å². The maximum atomic E-state index is 11.8. The van der Waals surface area contributed by atoms with Crippen LogP contribution in [0.1, 0.15) is 41.4 Å². The van der Waals surface area contributed by atoms with Crippen LogP contribution in [0, 0.1) is 0 Å². The predicted octanol–water partition coefficient (Wildman–Crippen LogP) is 2.90. The van der Waals surface area contributed by atoms with Gasteiger partial charge in [-0.2, -0.15) is 5.10 Å². The highest BCUT2D eigenvalue weighted by molar-refractivity contribution is 5.94. The molecule has 4 heteroatoms. The number of H-pyrrole nitrogens is 1. The smallest absolute Gasteiger partial charge is 0.271 e. The minimum atomic E-state index is -0.210. The van der Waals surface area contributed by atoms with Crippen LogP contribution in [0.15, 0.2) is 47.7 Å². The van der Waals surface area contributed by atoms with Crippen molar-refractivity contribution in [2.45, 2.75) is 19.8 Å². The number of carbonyl (C=O) groups is 1. The van der Waals surface area contributed by atoms with E-state index in [1.54, 1.807) is 12.4 Å². The second-order valence-electron chi connectivity index (χ2n) is 4.60. The van der Waals surface area contributed by atoms with Gasteiger partial charge in [0.05, 0.1) is 11.9 Å². The van der Waals surface area contributed by atoms with Crippen LogP contribution in [-0.2, 0) is 0 Å². The van der Waals surface area contributed by atoms with Crippen LogP contribution < -0.4 is 5.43 Å². The first-order chi connectivity index (χ1) is 9.16. The summed E-state index contributed by atoms with van der Waals surface area (Å²) in [6.07, 6.45) is 3.37. The zero-order valence-corrected chi connectivity index (χ0v) is 11.1. The lowest BCUT2D eigenvalue weighted by Crippen LogP contribution is -2.17. The first-order valence-corrected chi connectivity index (χ1v) is 6.23. The normalized spacial score (nSPS) is 11.1. The summed E-state index contributed by atoms with van der Waals surface area (Å²) in [7, 11) is 0. The quantitative estimate of drug-likeness (QED) is 0.640. The van der Waals surface area contributed by atoms with Crippen molar-refractivity contribution in [3.05, 3.63) is 59.4 Å². The van der Waals surface area contributed by atoms with E-state index in [9.17, 15) is 4.79 Å². The lowest BCUT2D eigenvalue weighted by Gasteiger charge is -2.05. The summed E-state index contributed by atoms with van der Waals surface area (Å²) in [5, 5.41) is 3.89. The van der Waals surface area contributed by atoms with Gasteiger partial charge in [-0.15, -0.1) is 0 Å². The Balaban J connectivity index is 1.96. The lowest BCUT2D eigenvalue weighted by atomic mass is 10.0. The molecule has 2 N–H and O–H groups in total. The SMILES string of the molecule is CC(C)c1ccc(C(=O)NN=Cc2ccc[nH]2)cc1. The number of aromatic amines is 1. The molecule has 0 aliphatic carbocycles. The van der Waals surface area contributed by atoms with E-state index in [-0.39, 0.29) is 5.91 Å². The molecular weight excluding hydrogens is 238 g/mol. The molecule has 0 aliphatic rings. The van der Waals surface area contributed by atoms with Crippen LogP contribution in [0.4, 0.5) is 0 Å². The van der Waals surface area contributed by atoms with Gasteiger partial charge < -0.3 is 4.98 Å². The third-order valence-corrected chi connectivity index (χ3v) is 2.83. The van der Waals surface area contributed by atoms with Crippen LogP contribution in [0.25, 0.3) is 0 Å². The molecule has 1 amide bonds. The van der Waals surface area contributed by atoms with Gasteiger partial charge in [0, 0.05) is 11.8 Å². The van der Waals surface area contributed by atoms with Crippen molar-refractivity contribution < 1.29 is 4.79 Å². The van der Waals surface area contributed by atoms with Crippen LogP contribution in [0.5, 0.6) is 0 Å². The number of benzene rings is 1. The number of hydrogen-bond acceptors (Lipinski definition) is 2. The Morgan fingerprint density at radius 2 is 2.00 bits per heavy atom. The van der Waals surface area contributed by atoms with Crippen molar-refractivity contribution in [1.82, 2.24) is 10.4 Å². The molecule has 0 radical (unpaired) electrons. The summed E-state index contributed by atoms with van der Waals surface area (Å²) in [5.74, 6) is 0.251. The molecule has 19 heavy (non-hydrogen) atoms. The average molecular weight is 255 g/mol. The highest BCUT2D eigenvalue weighted by Crippen LogP contribution is 2.14. The second-order valence-corrected chi connectivity index (χ2v) is 4.60. The Kier molecular flexibility index (Phi) is 4.13. The van der Waals surface area contributed by atoms with E-state index in [1.807, 2.05) is 36.4 Å². The van der Waals surface area contributed by atoms with E-state index < -0.39 is 0 Å². The van der Waals surface area contributed by atoms with Gasteiger partial charge in [0.25, 0.3) is 5.91 Å². The summed E-state index contributed by atoms with van der Waals surface area (Å²) in [5.41, 5.74) is 5.16. The van der Waals surface area contributed by atoms with Crippen molar-refractivity contribution in [2.24, 2.45) is 5.10 Å². The summed E-state index contributed by atoms with van der Waals surface area (Å²) in [4.78, 5) is 14.8. The van der Waals surface area contributed by atoms with Crippen molar-refractivity contribution in [2.75, 3.05) is 0 Å². The van der Waals surface area contributed by atoms with Gasteiger partial charge in [-0.25, -0.2) is 5.43 Å². The zero-order valence-electron chi connectivity index (χ0n) is 11.1. The number of hydrogen-bond donors (Lipinski definition) is 2. The molecule has 2 aromatic rings. The molecule has 1 aromatic heterocycles. The van der Waals surface area contributed by atoms with E-state index in [0.717, 1.165) is 5.69 Å². The number of hydrazone groups is 1. The Morgan fingerprint density at radius 1 is 1.26 bits per heavy atom. The van der Waals surface area contributed by atoms with E-state index in [0.29, 0.717) is 11.5 Å². The minimum Gasteiger partial charge on any atom is -0.360 e. The maximum absolute atomic E-state index is 11.8. The lowest BCUT2D eigenvalue weighted by molar-refractivity contribution is 0.0955. The van der Waals surface area contributed by atoms with Crippen LogP contribution in [0.3, 0.4) is 0 Å². The fourth-order valence-corrected chi connectivity index (χ4v) is 1.67. The molecule has 1 aromatic carbocycles. The van der Waals surface area contributed by atoms with Gasteiger partial charge in [0.1, 0.15) is 0 Å². The molecule has 0 atom stereocenters. The molecule has 4 nitrogen and oxygen atoms in total.